The number of anilines is 1. The quantitative estimate of drug-likeness (QED) is 0.804. The summed E-state index contributed by atoms with van der Waals surface area (Å²) in [4.78, 5) is 12.7. The van der Waals surface area contributed by atoms with E-state index < -0.39 is 27.8 Å². The Morgan fingerprint density at radius 1 is 1.12 bits per heavy atom. The van der Waals surface area contributed by atoms with Crippen molar-refractivity contribution in [1.82, 2.24) is 5.32 Å². The lowest BCUT2D eigenvalue weighted by atomic mass is 10.0. The summed E-state index contributed by atoms with van der Waals surface area (Å²) >= 11 is 0. The van der Waals surface area contributed by atoms with Crippen LogP contribution in [0, 0.1) is 5.82 Å². The lowest BCUT2D eigenvalue weighted by Crippen LogP contribution is -2.48. The van der Waals surface area contributed by atoms with Crippen LogP contribution in [-0.2, 0) is 14.8 Å². The topological polar surface area (TPSA) is 66.5 Å². The number of amides is 1. The first-order valence-electron chi connectivity index (χ1n) is 8.35. The number of benzene rings is 2. The Morgan fingerprint density at radius 2 is 1.69 bits per heavy atom. The molecule has 5 nitrogen and oxygen atoms in total. The number of hydrogen-bond acceptors (Lipinski definition) is 3. The minimum absolute atomic E-state index is 0.148. The molecule has 0 aliphatic heterocycles. The maximum atomic E-state index is 14.1. The second-order valence-electron chi connectivity index (χ2n) is 6.07. The summed E-state index contributed by atoms with van der Waals surface area (Å²) in [5.41, 5.74) is 0.776. The average molecular weight is 378 g/mol. The van der Waals surface area contributed by atoms with Gasteiger partial charge < -0.3 is 5.32 Å². The Labute approximate surface area is 153 Å². The summed E-state index contributed by atoms with van der Waals surface area (Å²) in [6, 6.07) is 13.6. The summed E-state index contributed by atoms with van der Waals surface area (Å²) in [5, 5.41) is 2.86. The molecular weight excluding hydrogens is 355 g/mol. The van der Waals surface area contributed by atoms with Gasteiger partial charge in [-0.05, 0) is 31.0 Å². The number of nitrogens with one attached hydrogen (secondary N) is 1. The highest BCUT2D eigenvalue weighted by atomic mass is 32.2. The zero-order valence-electron chi connectivity index (χ0n) is 15.0. The van der Waals surface area contributed by atoms with E-state index in [0.717, 1.165) is 22.2 Å². The van der Waals surface area contributed by atoms with E-state index in [1.807, 2.05) is 37.3 Å². The molecule has 2 rings (SSSR count). The monoisotopic (exact) mass is 378 g/mol. The Kier molecular flexibility index (Phi) is 6.37. The first-order chi connectivity index (χ1) is 12.3. The second kappa shape index (κ2) is 8.31. The summed E-state index contributed by atoms with van der Waals surface area (Å²) < 4.78 is 39.4. The van der Waals surface area contributed by atoms with Crippen LogP contribution in [0.25, 0.3) is 0 Å². The second-order valence-corrected chi connectivity index (χ2v) is 7.93. The summed E-state index contributed by atoms with van der Waals surface area (Å²) in [6.07, 6.45) is 1.60. The van der Waals surface area contributed by atoms with Gasteiger partial charge in [0, 0.05) is 0 Å². The Bertz CT molecular complexity index is 856. The van der Waals surface area contributed by atoms with Crippen molar-refractivity contribution in [2.75, 3.05) is 10.6 Å². The van der Waals surface area contributed by atoms with Crippen molar-refractivity contribution in [1.29, 1.82) is 0 Å². The molecule has 2 aromatic carbocycles. The van der Waals surface area contributed by atoms with Crippen molar-refractivity contribution in [3.05, 3.63) is 66.0 Å². The number of sulfonamides is 1. The molecule has 0 aliphatic rings. The number of halogens is 1. The van der Waals surface area contributed by atoms with E-state index in [1.54, 1.807) is 0 Å². The first kappa shape index (κ1) is 19.9. The van der Waals surface area contributed by atoms with Crippen LogP contribution in [0.3, 0.4) is 0 Å². The highest BCUT2D eigenvalue weighted by Crippen LogP contribution is 2.25. The van der Waals surface area contributed by atoms with Gasteiger partial charge in [-0.1, -0.05) is 49.4 Å². The standard InChI is InChI=1S/C19H23FN2O3S/c1-4-17(15-10-6-5-7-11-15)21-19(23)14(2)22(26(3,24)25)18-13-9-8-12-16(18)20/h5-14,17H,4H2,1-3H3,(H,21,23). The van der Waals surface area contributed by atoms with Crippen LogP contribution >= 0.6 is 0 Å². The van der Waals surface area contributed by atoms with Gasteiger partial charge in [0.05, 0.1) is 18.0 Å². The molecule has 0 spiro atoms. The van der Waals surface area contributed by atoms with Crippen molar-refractivity contribution >= 4 is 21.6 Å². The number of nitrogens with zero attached hydrogens (tertiary/aromatic N) is 1. The predicted octanol–water partition coefficient (Wildman–Crippen LogP) is 3.25. The molecule has 140 valence electrons. The third-order valence-corrected chi connectivity index (χ3v) is 5.33. The molecular formula is C19H23FN2O3S. The molecule has 0 bridgehead atoms. The number of rotatable bonds is 7. The minimum Gasteiger partial charge on any atom is -0.347 e. The van der Waals surface area contributed by atoms with Crippen LogP contribution < -0.4 is 9.62 Å². The van der Waals surface area contributed by atoms with E-state index in [9.17, 15) is 17.6 Å². The highest BCUT2D eigenvalue weighted by molar-refractivity contribution is 7.92. The maximum absolute atomic E-state index is 14.1. The van der Waals surface area contributed by atoms with Crippen LogP contribution in [0.15, 0.2) is 54.6 Å². The van der Waals surface area contributed by atoms with E-state index in [-0.39, 0.29) is 11.7 Å². The smallest absolute Gasteiger partial charge is 0.244 e. The molecule has 0 aliphatic carbocycles. The van der Waals surface area contributed by atoms with Gasteiger partial charge in [0.25, 0.3) is 0 Å². The number of hydrogen-bond donors (Lipinski definition) is 1. The molecule has 2 unspecified atom stereocenters. The zero-order chi connectivity index (χ0) is 19.3. The Hall–Kier alpha value is -2.41. The minimum atomic E-state index is -3.86. The van der Waals surface area contributed by atoms with Gasteiger partial charge >= 0.3 is 0 Å². The predicted molar refractivity (Wildman–Crippen MR) is 101 cm³/mol. The normalized spacial score (nSPS) is 13.7. The summed E-state index contributed by atoms with van der Waals surface area (Å²) in [6.45, 7) is 3.37. The maximum Gasteiger partial charge on any atom is 0.244 e. The first-order valence-corrected chi connectivity index (χ1v) is 10.2. The molecule has 0 saturated carbocycles. The van der Waals surface area contributed by atoms with E-state index in [0.29, 0.717) is 6.42 Å². The van der Waals surface area contributed by atoms with Gasteiger partial charge in [-0.3, -0.25) is 9.10 Å². The summed E-state index contributed by atoms with van der Waals surface area (Å²) in [7, 11) is -3.86. The van der Waals surface area contributed by atoms with E-state index in [1.165, 1.54) is 25.1 Å². The molecule has 26 heavy (non-hydrogen) atoms. The molecule has 0 heterocycles. The van der Waals surface area contributed by atoms with Gasteiger partial charge in [0.1, 0.15) is 11.9 Å². The largest absolute Gasteiger partial charge is 0.347 e. The van der Waals surface area contributed by atoms with Crippen molar-refractivity contribution in [2.45, 2.75) is 32.4 Å². The molecule has 2 aromatic rings. The molecule has 0 fully saturated rings. The zero-order valence-corrected chi connectivity index (χ0v) is 15.8. The highest BCUT2D eigenvalue weighted by Gasteiger charge is 2.31. The lowest BCUT2D eigenvalue weighted by molar-refractivity contribution is -0.122. The lowest BCUT2D eigenvalue weighted by Gasteiger charge is -2.30. The van der Waals surface area contributed by atoms with Crippen molar-refractivity contribution in [3.63, 3.8) is 0 Å². The third-order valence-electron chi connectivity index (χ3n) is 4.11. The molecule has 0 aromatic heterocycles. The number of carbonyl (C=O) groups is 1. The van der Waals surface area contributed by atoms with E-state index >= 15 is 0 Å². The van der Waals surface area contributed by atoms with Crippen molar-refractivity contribution < 1.29 is 17.6 Å². The average Bonchev–Trinajstić information content (AvgIpc) is 2.60. The molecule has 7 heteroatoms. The molecule has 0 saturated heterocycles. The molecule has 1 N–H and O–H groups in total. The fraction of sp³-hybridized carbons (Fsp3) is 0.316. The van der Waals surface area contributed by atoms with Crippen LogP contribution in [0.2, 0.25) is 0 Å². The van der Waals surface area contributed by atoms with Crippen LogP contribution in [0.5, 0.6) is 0 Å². The molecule has 1 amide bonds. The SMILES string of the molecule is CCC(NC(=O)C(C)N(c1ccccc1F)S(C)(=O)=O)c1ccccc1. The van der Waals surface area contributed by atoms with Crippen LogP contribution in [0.1, 0.15) is 31.9 Å². The van der Waals surface area contributed by atoms with Crippen LogP contribution in [0.4, 0.5) is 10.1 Å². The van der Waals surface area contributed by atoms with Gasteiger partial charge in [-0.25, -0.2) is 12.8 Å². The Morgan fingerprint density at radius 3 is 2.23 bits per heavy atom. The van der Waals surface area contributed by atoms with Gasteiger partial charge in [0.2, 0.25) is 15.9 Å². The number of para-hydroxylation sites is 1. The number of carbonyl (C=O) groups excluding carboxylic acids is 1. The fourth-order valence-electron chi connectivity index (χ4n) is 2.81. The van der Waals surface area contributed by atoms with Crippen molar-refractivity contribution in [2.24, 2.45) is 0 Å². The molecule has 0 radical (unpaired) electrons. The van der Waals surface area contributed by atoms with Gasteiger partial charge in [-0.15, -0.1) is 0 Å². The van der Waals surface area contributed by atoms with Crippen LogP contribution in [-0.4, -0.2) is 26.6 Å². The van der Waals surface area contributed by atoms with Gasteiger partial charge in [0.15, 0.2) is 0 Å². The third kappa shape index (κ3) is 4.60. The van der Waals surface area contributed by atoms with E-state index in [2.05, 4.69) is 5.32 Å². The summed E-state index contributed by atoms with van der Waals surface area (Å²) in [5.74, 6) is -1.19. The van der Waals surface area contributed by atoms with Gasteiger partial charge in [-0.2, -0.15) is 0 Å². The fourth-order valence-corrected chi connectivity index (χ4v) is 3.99. The molecule has 2 atom stereocenters. The Balaban J connectivity index is 2.30. The van der Waals surface area contributed by atoms with Crippen molar-refractivity contribution in [3.8, 4) is 0 Å². The van der Waals surface area contributed by atoms with E-state index in [4.69, 9.17) is 0 Å².